The Balaban J connectivity index is 1.93. The number of nitrogens with two attached hydrogens (primary N) is 1. The molecule has 0 amide bonds. The number of aromatic nitrogens is 2. The lowest BCUT2D eigenvalue weighted by Crippen LogP contribution is -2.28. The molecule has 0 saturated heterocycles. The van der Waals surface area contributed by atoms with Crippen LogP contribution in [0.4, 0.5) is 28.8 Å². The molecule has 0 spiro atoms. The van der Waals surface area contributed by atoms with Gasteiger partial charge in [-0.1, -0.05) is 28.1 Å². The number of nitrogen functional groups attached to an aromatic ring is 1. The molecule has 10 nitrogen and oxygen atoms in total. The Kier molecular flexibility index (Phi) is 7.67. The molecule has 0 unspecified atom stereocenters. The van der Waals surface area contributed by atoms with Gasteiger partial charge in [0.05, 0.1) is 17.7 Å². The van der Waals surface area contributed by atoms with E-state index < -0.39 is 4.92 Å². The van der Waals surface area contributed by atoms with Gasteiger partial charge in [0.2, 0.25) is 5.95 Å². The quantitative estimate of drug-likeness (QED) is 0.319. The van der Waals surface area contributed by atoms with Crippen LogP contribution in [-0.2, 0) is 0 Å². The first kappa shape index (κ1) is 24.2. The van der Waals surface area contributed by atoms with Crippen molar-refractivity contribution in [1.82, 2.24) is 14.9 Å². The van der Waals surface area contributed by atoms with E-state index in [4.69, 9.17) is 10.5 Å². The van der Waals surface area contributed by atoms with Crippen molar-refractivity contribution in [3.63, 3.8) is 0 Å². The third kappa shape index (κ3) is 5.88. The first-order chi connectivity index (χ1) is 15.7. The molecule has 0 saturated carbocycles. The van der Waals surface area contributed by atoms with E-state index in [0.29, 0.717) is 29.2 Å². The number of rotatable bonds is 9. The van der Waals surface area contributed by atoms with Crippen LogP contribution in [0.15, 0.2) is 47.1 Å². The summed E-state index contributed by atoms with van der Waals surface area (Å²) in [6, 6.07) is 10.7. The summed E-state index contributed by atoms with van der Waals surface area (Å²) in [6.07, 6.45) is 1.61. The topological polar surface area (TPSA) is 123 Å². The number of nitrogens with zero attached hydrogens (tertiary/aromatic N) is 5. The third-order valence-corrected chi connectivity index (χ3v) is 5.48. The molecule has 3 N–H and O–H groups in total. The van der Waals surface area contributed by atoms with Gasteiger partial charge in [0, 0.05) is 48.5 Å². The van der Waals surface area contributed by atoms with E-state index >= 15 is 0 Å². The van der Waals surface area contributed by atoms with Gasteiger partial charge in [0.1, 0.15) is 17.3 Å². The van der Waals surface area contributed by atoms with Gasteiger partial charge in [0.25, 0.3) is 5.69 Å². The lowest BCUT2D eigenvalue weighted by atomic mass is 10.1. The number of halogens is 1. The van der Waals surface area contributed by atoms with Crippen LogP contribution in [-0.4, -0.2) is 61.1 Å². The first-order valence-electron chi connectivity index (χ1n) is 10.1. The van der Waals surface area contributed by atoms with Crippen LogP contribution < -0.4 is 20.7 Å². The van der Waals surface area contributed by atoms with Crippen molar-refractivity contribution in [2.45, 2.75) is 0 Å². The summed E-state index contributed by atoms with van der Waals surface area (Å²) in [6.45, 7) is 1.36. The summed E-state index contributed by atoms with van der Waals surface area (Å²) < 4.78 is 6.40. The molecular formula is C22H26BrN7O3. The molecule has 3 rings (SSSR count). The standard InChI is InChI=1S/C22H26BrN7O3/c1-28(2)8-9-29(3)18-12-20(33-4)17(11-19(18)30(31)32)26-22-25-13-16(21(24)27-22)14-6-5-7-15(23)10-14/h5-7,10-13H,8-9H2,1-4H3,(H3,24,25,26,27). The number of anilines is 4. The van der Waals surface area contributed by atoms with Crippen molar-refractivity contribution < 1.29 is 9.66 Å². The minimum atomic E-state index is -0.419. The van der Waals surface area contributed by atoms with E-state index in [1.165, 1.54) is 13.2 Å². The van der Waals surface area contributed by atoms with Crippen LogP contribution in [0.25, 0.3) is 11.1 Å². The molecule has 1 heterocycles. The summed E-state index contributed by atoms with van der Waals surface area (Å²) in [7, 11) is 7.21. The molecule has 0 aliphatic rings. The van der Waals surface area contributed by atoms with Gasteiger partial charge in [-0.2, -0.15) is 4.98 Å². The number of ether oxygens (including phenoxy) is 1. The summed E-state index contributed by atoms with van der Waals surface area (Å²) in [4.78, 5) is 23.9. The molecule has 11 heteroatoms. The van der Waals surface area contributed by atoms with Crippen molar-refractivity contribution in [2.75, 3.05) is 57.3 Å². The van der Waals surface area contributed by atoms with Crippen molar-refractivity contribution in [2.24, 2.45) is 0 Å². The van der Waals surface area contributed by atoms with Gasteiger partial charge in [0.15, 0.2) is 0 Å². The predicted molar refractivity (Wildman–Crippen MR) is 134 cm³/mol. The highest BCUT2D eigenvalue weighted by Gasteiger charge is 2.22. The Morgan fingerprint density at radius 2 is 1.97 bits per heavy atom. The zero-order valence-corrected chi connectivity index (χ0v) is 20.5. The Labute approximate surface area is 200 Å². The minimum absolute atomic E-state index is 0.0571. The van der Waals surface area contributed by atoms with Crippen molar-refractivity contribution >= 4 is 44.8 Å². The van der Waals surface area contributed by atoms with Crippen molar-refractivity contribution in [1.29, 1.82) is 0 Å². The zero-order chi connectivity index (χ0) is 24.1. The molecule has 33 heavy (non-hydrogen) atoms. The number of hydrogen-bond acceptors (Lipinski definition) is 9. The second-order valence-corrected chi connectivity index (χ2v) is 8.57. The Bertz CT molecular complexity index is 1160. The molecule has 1 aromatic heterocycles. The van der Waals surface area contributed by atoms with Crippen LogP contribution in [0.2, 0.25) is 0 Å². The highest BCUT2D eigenvalue weighted by atomic mass is 79.9. The molecule has 3 aromatic rings. The number of likely N-dealkylation sites (N-methyl/N-ethyl adjacent to an activating group) is 2. The van der Waals surface area contributed by atoms with Crippen molar-refractivity contribution in [3.8, 4) is 16.9 Å². The van der Waals surface area contributed by atoms with Gasteiger partial charge in [-0.25, -0.2) is 4.98 Å². The molecule has 0 fully saturated rings. The minimum Gasteiger partial charge on any atom is -0.494 e. The number of benzene rings is 2. The lowest BCUT2D eigenvalue weighted by molar-refractivity contribution is -0.384. The van der Waals surface area contributed by atoms with Crippen molar-refractivity contribution in [3.05, 3.63) is 57.2 Å². The number of nitrogens with one attached hydrogen (secondary N) is 1. The molecule has 174 valence electrons. The maximum Gasteiger partial charge on any atom is 0.294 e. The van der Waals surface area contributed by atoms with Crippen LogP contribution in [0, 0.1) is 10.1 Å². The average Bonchev–Trinajstić information content (AvgIpc) is 2.77. The molecule has 2 aromatic carbocycles. The number of nitro groups is 1. The summed E-state index contributed by atoms with van der Waals surface area (Å²) >= 11 is 3.44. The first-order valence-corrected chi connectivity index (χ1v) is 10.9. The summed E-state index contributed by atoms with van der Waals surface area (Å²) in [5, 5.41) is 14.8. The number of hydrogen-bond donors (Lipinski definition) is 2. The summed E-state index contributed by atoms with van der Waals surface area (Å²) in [5.74, 6) is 0.900. The average molecular weight is 516 g/mol. The largest absolute Gasteiger partial charge is 0.494 e. The third-order valence-electron chi connectivity index (χ3n) is 4.99. The molecular weight excluding hydrogens is 490 g/mol. The van der Waals surface area contributed by atoms with E-state index in [-0.39, 0.29) is 17.5 Å². The van der Waals surface area contributed by atoms with Crippen LogP contribution in [0.3, 0.4) is 0 Å². The van der Waals surface area contributed by atoms with E-state index in [1.54, 1.807) is 12.3 Å². The maximum atomic E-state index is 11.8. The second kappa shape index (κ2) is 10.5. The van der Waals surface area contributed by atoms with Crippen LogP contribution in [0.1, 0.15) is 0 Å². The van der Waals surface area contributed by atoms with E-state index in [9.17, 15) is 10.1 Å². The van der Waals surface area contributed by atoms with E-state index in [0.717, 1.165) is 16.6 Å². The Morgan fingerprint density at radius 3 is 2.58 bits per heavy atom. The SMILES string of the molecule is COc1cc(N(C)CCN(C)C)c([N+](=O)[O-])cc1Nc1ncc(-c2cccc(Br)c2)c(N)n1. The van der Waals surface area contributed by atoms with Crippen LogP contribution >= 0.6 is 15.9 Å². The fourth-order valence-corrected chi connectivity index (χ4v) is 3.60. The zero-order valence-electron chi connectivity index (χ0n) is 18.9. The maximum absolute atomic E-state index is 11.8. The van der Waals surface area contributed by atoms with Gasteiger partial charge in [-0.3, -0.25) is 10.1 Å². The lowest BCUT2D eigenvalue weighted by Gasteiger charge is -2.22. The van der Waals surface area contributed by atoms with Gasteiger partial charge in [-0.05, 0) is 31.8 Å². The number of nitro benzene ring substituents is 1. The molecule has 0 radical (unpaired) electrons. The Hall–Kier alpha value is -3.44. The highest BCUT2D eigenvalue weighted by Crippen LogP contribution is 2.39. The molecule has 0 bridgehead atoms. The van der Waals surface area contributed by atoms with E-state index in [2.05, 4.69) is 31.2 Å². The van der Waals surface area contributed by atoms with Gasteiger partial charge >= 0.3 is 0 Å². The summed E-state index contributed by atoms with van der Waals surface area (Å²) in [5.41, 5.74) is 8.48. The van der Waals surface area contributed by atoms with Crippen LogP contribution in [0.5, 0.6) is 5.75 Å². The second-order valence-electron chi connectivity index (χ2n) is 7.65. The number of methoxy groups -OCH3 is 1. The fourth-order valence-electron chi connectivity index (χ4n) is 3.20. The predicted octanol–water partition coefficient (Wildman–Crippen LogP) is 4.15. The fraction of sp³-hybridized carbons (Fsp3) is 0.273. The molecule has 0 atom stereocenters. The Morgan fingerprint density at radius 1 is 1.21 bits per heavy atom. The van der Waals surface area contributed by atoms with Gasteiger partial charge in [-0.15, -0.1) is 0 Å². The molecule has 0 aliphatic carbocycles. The highest BCUT2D eigenvalue weighted by molar-refractivity contribution is 9.10. The smallest absolute Gasteiger partial charge is 0.294 e. The van der Waals surface area contributed by atoms with E-state index in [1.807, 2.05) is 55.2 Å². The monoisotopic (exact) mass is 515 g/mol. The van der Waals surface area contributed by atoms with Gasteiger partial charge < -0.3 is 25.6 Å². The molecule has 0 aliphatic heterocycles. The normalized spacial score (nSPS) is 10.8.